The third-order valence-corrected chi connectivity index (χ3v) is 2.00. The third kappa shape index (κ3) is 2.70. The molecule has 0 aliphatic heterocycles. The molecule has 1 aromatic carbocycles. The standard InChI is InChI=1S/C11H11FN2O2/c1-2-8(6-13)16-11(15)9-4-3-7(12)5-10(9)14/h3-5,8H,2,14H2,1H3. The maximum Gasteiger partial charge on any atom is 0.341 e. The molecule has 0 amide bonds. The van der Waals surface area contributed by atoms with Gasteiger partial charge in [-0.2, -0.15) is 5.26 Å². The maximum absolute atomic E-state index is 12.7. The largest absolute Gasteiger partial charge is 0.443 e. The van der Waals surface area contributed by atoms with Crippen molar-refractivity contribution >= 4 is 11.7 Å². The molecule has 0 spiro atoms. The van der Waals surface area contributed by atoms with Gasteiger partial charge in [-0.1, -0.05) is 6.92 Å². The van der Waals surface area contributed by atoms with Crippen LogP contribution in [0.15, 0.2) is 18.2 Å². The number of carbonyl (C=O) groups is 1. The topological polar surface area (TPSA) is 76.1 Å². The summed E-state index contributed by atoms with van der Waals surface area (Å²) in [5, 5.41) is 8.62. The number of nitriles is 1. The van der Waals surface area contributed by atoms with Gasteiger partial charge in [0.1, 0.15) is 11.9 Å². The minimum Gasteiger partial charge on any atom is -0.443 e. The second kappa shape index (κ2) is 5.12. The molecule has 5 heteroatoms. The molecule has 0 fully saturated rings. The molecule has 2 N–H and O–H groups in total. The lowest BCUT2D eigenvalue weighted by Crippen LogP contribution is -2.16. The van der Waals surface area contributed by atoms with Crippen molar-refractivity contribution in [2.24, 2.45) is 0 Å². The minimum absolute atomic E-state index is 0.00204. The van der Waals surface area contributed by atoms with Crippen LogP contribution in [0.5, 0.6) is 0 Å². The number of halogens is 1. The molecule has 0 heterocycles. The minimum atomic E-state index is -0.808. The summed E-state index contributed by atoms with van der Waals surface area (Å²) in [5.74, 6) is -1.24. The van der Waals surface area contributed by atoms with Crippen molar-refractivity contribution in [2.45, 2.75) is 19.4 Å². The number of nitrogens with zero attached hydrogens (tertiary/aromatic N) is 1. The molecule has 4 nitrogen and oxygen atoms in total. The Morgan fingerprint density at radius 2 is 2.38 bits per heavy atom. The second-order valence-corrected chi connectivity index (χ2v) is 3.16. The fourth-order valence-corrected chi connectivity index (χ4v) is 1.11. The van der Waals surface area contributed by atoms with Gasteiger partial charge >= 0.3 is 5.97 Å². The van der Waals surface area contributed by atoms with Crippen LogP contribution in [0.2, 0.25) is 0 Å². The lowest BCUT2D eigenvalue weighted by Gasteiger charge is -2.09. The van der Waals surface area contributed by atoms with Crippen molar-refractivity contribution < 1.29 is 13.9 Å². The molecule has 0 saturated heterocycles. The lowest BCUT2D eigenvalue weighted by molar-refractivity contribution is 0.0402. The Labute approximate surface area is 92.4 Å². The third-order valence-electron chi connectivity index (χ3n) is 2.00. The number of anilines is 1. The number of nitrogens with two attached hydrogens (primary N) is 1. The van der Waals surface area contributed by atoms with E-state index in [1.165, 1.54) is 6.07 Å². The molecule has 1 unspecified atom stereocenters. The molecule has 0 aliphatic rings. The van der Waals surface area contributed by atoms with Crippen LogP contribution in [-0.4, -0.2) is 12.1 Å². The molecule has 0 aromatic heterocycles. The number of hydrogen-bond acceptors (Lipinski definition) is 4. The Hall–Kier alpha value is -2.09. The van der Waals surface area contributed by atoms with E-state index in [4.69, 9.17) is 15.7 Å². The number of benzene rings is 1. The van der Waals surface area contributed by atoms with Gasteiger partial charge in [0.05, 0.1) is 5.56 Å². The predicted octanol–water partition coefficient (Wildman–Crippen LogP) is 1.87. The molecule has 0 saturated carbocycles. The summed E-state index contributed by atoms with van der Waals surface area (Å²) in [6, 6.07) is 5.20. The first kappa shape index (κ1) is 12.0. The van der Waals surface area contributed by atoms with Crippen LogP contribution in [0.4, 0.5) is 10.1 Å². The van der Waals surface area contributed by atoms with E-state index >= 15 is 0 Å². The summed E-state index contributed by atoms with van der Waals surface area (Å²) in [6.07, 6.45) is -0.416. The van der Waals surface area contributed by atoms with Crippen LogP contribution < -0.4 is 5.73 Å². The number of carbonyl (C=O) groups excluding carboxylic acids is 1. The van der Waals surface area contributed by atoms with Crippen LogP contribution in [0.3, 0.4) is 0 Å². The lowest BCUT2D eigenvalue weighted by atomic mass is 10.2. The van der Waals surface area contributed by atoms with Gasteiger partial charge in [0.25, 0.3) is 0 Å². The Balaban J connectivity index is 2.85. The highest BCUT2D eigenvalue weighted by Crippen LogP contribution is 2.15. The van der Waals surface area contributed by atoms with Gasteiger partial charge in [-0.15, -0.1) is 0 Å². The summed E-state index contributed by atoms with van der Waals surface area (Å²) in [6.45, 7) is 1.72. The van der Waals surface area contributed by atoms with Crippen LogP contribution >= 0.6 is 0 Å². The van der Waals surface area contributed by atoms with E-state index in [1.54, 1.807) is 6.92 Å². The first-order valence-electron chi connectivity index (χ1n) is 4.74. The SMILES string of the molecule is CCC(C#N)OC(=O)c1ccc(F)cc1N. The second-order valence-electron chi connectivity index (χ2n) is 3.16. The molecule has 16 heavy (non-hydrogen) atoms. The first-order valence-corrected chi connectivity index (χ1v) is 4.74. The summed E-state index contributed by atoms with van der Waals surface area (Å²) >= 11 is 0. The summed E-state index contributed by atoms with van der Waals surface area (Å²) in [7, 11) is 0. The van der Waals surface area contributed by atoms with Crippen LogP contribution in [0, 0.1) is 17.1 Å². The predicted molar refractivity (Wildman–Crippen MR) is 55.9 cm³/mol. The highest BCUT2D eigenvalue weighted by molar-refractivity contribution is 5.95. The summed E-state index contributed by atoms with van der Waals surface area (Å²) in [4.78, 5) is 11.5. The Morgan fingerprint density at radius 3 is 2.88 bits per heavy atom. The molecule has 1 aromatic rings. The Bertz CT molecular complexity index is 440. The van der Waals surface area contributed by atoms with E-state index in [1.807, 2.05) is 6.07 Å². The number of ether oxygens (including phenoxy) is 1. The number of rotatable bonds is 3. The molecular weight excluding hydrogens is 211 g/mol. The zero-order valence-electron chi connectivity index (χ0n) is 8.74. The van der Waals surface area contributed by atoms with Crippen molar-refractivity contribution in [1.29, 1.82) is 5.26 Å². The van der Waals surface area contributed by atoms with Gasteiger partial charge in [0.15, 0.2) is 6.10 Å². The van der Waals surface area contributed by atoms with E-state index in [9.17, 15) is 9.18 Å². The zero-order valence-corrected chi connectivity index (χ0v) is 8.74. The first-order chi connectivity index (χ1) is 7.58. The monoisotopic (exact) mass is 222 g/mol. The fraction of sp³-hybridized carbons (Fsp3) is 0.273. The van der Waals surface area contributed by atoms with E-state index in [2.05, 4.69) is 0 Å². The van der Waals surface area contributed by atoms with Gasteiger partial charge in [0.2, 0.25) is 0 Å². The quantitative estimate of drug-likeness (QED) is 0.625. The number of esters is 1. The average molecular weight is 222 g/mol. The maximum atomic E-state index is 12.7. The van der Waals surface area contributed by atoms with E-state index in [0.717, 1.165) is 12.1 Å². The van der Waals surface area contributed by atoms with Crippen molar-refractivity contribution in [3.8, 4) is 6.07 Å². The highest BCUT2D eigenvalue weighted by Gasteiger charge is 2.16. The van der Waals surface area contributed by atoms with Gasteiger partial charge in [0, 0.05) is 5.69 Å². The van der Waals surface area contributed by atoms with Crippen molar-refractivity contribution in [1.82, 2.24) is 0 Å². The molecule has 0 aliphatic carbocycles. The Morgan fingerprint density at radius 1 is 1.69 bits per heavy atom. The van der Waals surface area contributed by atoms with Crippen molar-refractivity contribution in [3.63, 3.8) is 0 Å². The molecular formula is C11H11FN2O2. The van der Waals surface area contributed by atoms with E-state index in [-0.39, 0.29) is 11.3 Å². The fourth-order valence-electron chi connectivity index (χ4n) is 1.11. The van der Waals surface area contributed by atoms with Gasteiger partial charge in [-0.05, 0) is 24.6 Å². The van der Waals surface area contributed by atoms with E-state index < -0.39 is 17.9 Å². The van der Waals surface area contributed by atoms with Crippen LogP contribution in [0.1, 0.15) is 23.7 Å². The molecule has 1 atom stereocenters. The average Bonchev–Trinajstić information content (AvgIpc) is 2.25. The molecule has 0 radical (unpaired) electrons. The molecule has 84 valence electrons. The highest BCUT2D eigenvalue weighted by atomic mass is 19.1. The van der Waals surface area contributed by atoms with Gasteiger partial charge < -0.3 is 10.5 Å². The van der Waals surface area contributed by atoms with Crippen LogP contribution in [-0.2, 0) is 4.74 Å². The van der Waals surface area contributed by atoms with Crippen molar-refractivity contribution in [2.75, 3.05) is 5.73 Å². The number of hydrogen-bond donors (Lipinski definition) is 1. The summed E-state index contributed by atoms with van der Waals surface area (Å²) < 4.78 is 17.6. The molecule has 1 rings (SSSR count). The Kier molecular flexibility index (Phi) is 3.84. The van der Waals surface area contributed by atoms with Crippen molar-refractivity contribution in [3.05, 3.63) is 29.6 Å². The smallest absolute Gasteiger partial charge is 0.341 e. The zero-order chi connectivity index (χ0) is 12.1. The van der Waals surface area contributed by atoms with Gasteiger partial charge in [-0.25, -0.2) is 9.18 Å². The molecule has 0 bridgehead atoms. The number of nitrogen functional groups attached to an aromatic ring is 1. The summed E-state index contributed by atoms with van der Waals surface area (Å²) in [5.41, 5.74) is 5.52. The van der Waals surface area contributed by atoms with Gasteiger partial charge in [-0.3, -0.25) is 0 Å². The van der Waals surface area contributed by atoms with E-state index in [0.29, 0.717) is 6.42 Å². The normalized spacial score (nSPS) is 11.6. The van der Waals surface area contributed by atoms with Crippen LogP contribution in [0.25, 0.3) is 0 Å².